The van der Waals surface area contributed by atoms with Crippen LogP contribution in [-0.2, 0) is 11.3 Å². The van der Waals surface area contributed by atoms with Gasteiger partial charge in [-0.2, -0.15) is 0 Å². The number of aromatic nitrogens is 1. The van der Waals surface area contributed by atoms with Crippen LogP contribution in [0.3, 0.4) is 0 Å². The Labute approximate surface area is 126 Å². The van der Waals surface area contributed by atoms with Gasteiger partial charge in [0.05, 0.1) is 12.3 Å². The lowest BCUT2D eigenvalue weighted by atomic mass is 10.1. The molecule has 4 nitrogen and oxygen atoms in total. The Balaban J connectivity index is 2.08. The zero-order valence-electron chi connectivity index (χ0n) is 13.1. The van der Waals surface area contributed by atoms with Crippen LogP contribution in [0.1, 0.15) is 38.7 Å². The fourth-order valence-electron chi connectivity index (χ4n) is 2.70. The van der Waals surface area contributed by atoms with Gasteiger partial charge in [0.15, 0.2) is 0 Å². The lowest BCUT2D eigenvalue weighted by molar-refractivity contribution is 0.0439. The second kappa shape index (κ2) is 8.29. The van der Waals surface area contributed by atoms with Gasteiger partial charge in [-0.1, -0.05) is 13.8 Å². The number of hydrogen-bond acceptors (Lipinski definition) is 4. The second-order valence-corrected chi connectivity index (χ2v) is 5.50. The number of nitrogens with zero attached hydrogens (tertiary/aromatic N) is 2. The molecule has 0 radical (unpaired) electrons. The molecule has 118 valence electrons. The molecule has 1 aromatic rings. The summed E-state index contributed by atoms with van der Waals surface area (Å²) in [5, 5.41) is 3.25. The fourth-order valence-corrected chi connectivity index (χ4v) is 2.70. The first-order valence-electron chi connectivity index (χ1n) is 7.96. The highest BCUT2D eigenvalue weighted by atomic mass is 19.1. The molecule has 2 rings (SSSR count). The zero-order valence-corrected chi connectivity index (χ0v) is 13.1. The van der Waals surface area contributed by atoms with Crippen LogP contribution in [0, 0.1) is 5.82 Å². The molecule has 1 N–H and O–H groups in total. The van der Waals surface area contributed by atoms with Gasteiger partial charge in [0.25, 0.3) is 0 Å². The van der Waals surface area contributed by atoms with E-state index in [-0.39, 0.29) is 11.9 Å². The highest BCUT2D eigenvalue weighted by molar-refractivity contribution is 5.47. The van der Waals surface area contributed by atoms with E-state index in [2.05, 4.69) is 22.1 Å². The first-order chi connectivity index (χ1) is 10.2. The fraction of sp³-hybridized carbons (Fsp3) is 0.688. The van der Waals surface area contributed by atoms with Gasteiger partial charge >= 0.3 is 0 Å². The van der Waals surface area contributed by atoms with E-state index in [1.54, 1.807) is 6.07 Å². The van der Waals surface area contributed by atoms with Crippen molar-refractivity contribution in [1.82, 2.24) is 10.3 Å². The van der Waals surface area contributed by atoms with E-state index in [1.807, 2.05) is 6.92 Å². The summed E-state index contributed by atoms with van der Waals surface area (Å²) in [5.74, 6) is 0.615. The highest BCUT2D eigenvalue weighted by Gasteiger charge is 2.23. The average Bonchev–Trinajstić information content (AvgIpc) is 2.51. The van der Waals surface area contributed by atoms with Gasteiger partial charge in [-0.05, 0) is 31.9 Å². The molecule has 2 heterocycles. The molecule has 1 atom stereocenters. The summed E-state index contributed by atoms with van der Waals surface area (Å²) in [4.78, 5) is 6.56. The molecule has 1 saturated heterocycles. The lowest BCUT2D eigenvalue weighted by Crippen LogP contribution is -2.41. The van der Waals surface area contributed by atoms with Gasteiger partial charge in [0.1, 0.15) is 11.6 Å². The minimum absolute atomic E-state index is 0.262. The predicted octanol–water partition coefficient (Wildman–Crippen LogP) is 2.73. The largest absolute Gasteiger partial charge is 0.376 e. The minimum atomic E-state index is -0.276. The monoisotopic (exact) mass is 295 g/mol. The topological polar surface area (TPSA) is 37.4 Å². The van der Waals surface area contributed by atoms with Gasteiger partial charge in [-0.25, -0.2) is 9.37 Å². The lowest BCUT2D eigenvalue weighted by Gasteiger charge is -2.34. The molecule has 1 aliphatic rings. The van der Waals surface area contributed by atoms with Crippen LogP contribution in [0.4, 0.5) is 10.2 Å². The quantitative estimate of drug-likeness (QED) is 0.839. The van der Waals surface area contributed by atoms with E-state index in [9.17, 15) is 4.39 Å². The zero-order chi connectivity index (χ0) is 15.1. The maximum absolute atomic E-state index is 13.5. The molecule has 1 unspecified atom stereocenters. The third kappa shape index (κ3) is 4.64. The normalized spacial score (nSPS) is 19.0. The van der Waals surface area contributed by atoms with Crippen LogP contribution in [0.15, 0.2) is 12.3 Å². The van der Waals surface area contributed by atoms with Crippen molar-refractivity contribution >= 4 is 5.82 Å². The number of anilines is 1. The Morgan fingerprint density at radius 3 is 3.10 bits per heavy atom. The first kappa shape index (κ1) is 16.2. The third-order valence-corrected chi connectivity index (χ3v) is 3.71. The van der Waals surface area contributed by atoms with Gasteiger partial charge < -0.3 is 15.0 Å². The average molecular weight is 295 g/mol. The first-order valence-corrected chi connectivity index (χ1v) is 7.96. The molecule has 1 aromatic heterocycles. The highest BCUT2D eigenvalue weighted by Crippen LogP contribution is 2.23. The van der Waals surface area contributed by atoms with Crippen molar-refractivity contribution in [1.29, 1.82) is 0 Å². The van der Waals surface area contributed by atoms with Gasteiger partial charge in [0.2, 0.25) is 0 Å². The molecule has 0 amide bonds. The Kier molecular flexibility index (Phi) is 6.39. The van der Waals surface area contributed by atoms with Crippen molar-refractivity contribution in [3.63, 3.8) is 0 Å². The third-order valence-electron chi connectivity index (χ3n) is 3.71. The number of rotatable bonds is 7. The van der Waals surface area contributed by atoms with Crippen molar-refractivity contribution in [2.45, 2.75) is 45.8 Å². The number of halogens is 1. The molecule has 0 bridgehead atoms. The summed E-state index contributed by atoms with van der Waals surface area (Å²) in [7, 11) is 0. The molecular weight excluding hydrogens is 269 g/mol. The van der Waals surface area contributed by atoms with E-state index >= 15 is 0 Å². The molecule has 0 saturated carbocycles. The summed E-state index contributed by atoms with van der Waals surface area (Å²) in [5.41, 5.74) is 0.924. The number of pyridine rings is 1. The van der Waals surface area contributed by atoms with E-state index < -0.39 is 0 Å². The number of piperidine rings is 1. The maximum atomic E-state index is 13.5. The molecule has 1 fully saturated rings. The van der Waals surface area contributed by atoms with Crippen LogP contribution in [-0.4, -0.2) is 37.3 Å². The number of ether oxygens (including phenoxy) is 1. The van der Waals surface area contributed by atoms with E-state index in [0.717, 1.165) is 56.9 Å². The van der Waals surface area contributed by atoms with Crippen LogP contribution in [0.5, 0.6) is 0 Å². The Bertz CT molecular complexity index is 442. The maximum Gasteiger partial charge on any atom is 0.141 e. The van der Waals surface area contributed by atoms with E-state index in [0.29, 0.717) is 6.54 Å². The second-order valence-electron chi connectivity index (χ2n) is 5.50. The molecule has 1 aliphatic heterocycles. The van der Waals surface area contributed by atoms with Crippen molar-refractivity contribution in [2.75, 3.05) is 31.1 Å². The van der Waals surface area contributed by atoms with Crippen LogP contribution in [0.2, 0.25) is 0 Å². The van der Waals surface area contributed by atoms with Crippen LogP contribution >= 0.6 is 0 Å². The standard InChI is InChI=1S/C16H26FN3O/c1-3-8-21-15-6-5-7-20(12-15)16-13(10-18-4-2)9-14(17)11-19-16/h9,11,15,18H,3-8,10,12H2,1-2H3. The van der Waals surface area contributed by atoms with Gasteiger partial charge in [-0.15, -0.1) is 0 Å². The SMILES string of the molecule is CCCOC1CCCN(c2ncc(F)cc2CNCC)C1. The van der Waals surface area contributed by atoms with Crippen molar-refractivity contribution in [3.8, 4) is 0 Å². The summed E-state index contributed by atoms with van der Waals surface area (Å²) < 4.78 is 19.3. The molecule has 0 aliphatic carbocycles. The van der Waals surface area contributed by atoms with Crippen LogP contribution < -0.4 is 10.2 Å². The Morgan fingerprint density at radius 2 is 2.33 bits per heavy atom. The molecule has 0 aromatic carbocycles. The van der Waals surface area contributed by atoms with Gasteiger partial charge in [0, 0.05) is 31.8 Å². The van der Waals surface area contributed by atoms with Crippen molar-refractivity contribution in [2.24, 2.45) is 0 Å². The minimum Gasteiger partial charge on any atom is -0.376 e. The predicted molar refractivity (Wildman–Crippen MR) is 83.1 cm³/mol. The summed E-state index contributed by atoms with van der Waals surface area (Å²) in [6.45, 7) is 8.28. The number of nitrogens with one attached hydrogen (secondary N) is 1. The number of hydrogen-bond donors (Lipinski definition) is 1. The Hall–Kier alpha value is -1.20. The summed E-state index contributed by atoms with van der Waals surface area (Å²) in [6.07, 6.45) is 4.80. The summed E-state index contributed by atoms with van der Waals surface area (Å²) >= 11 is 0. The molecule has 0 spiro atoms. The van der Waals surface area contributed by atoms with Crippen LogP contribution in [0.25, 0.3) is 0 Å². The molecular formula is C16H26FN3O. The summed E-state index contributed by atoms with van der Waals surface area (Å²) in [6, 6.07) is 1.58. The van der Waals surface area contributed by atoms with Gasteiger partial charge in [-0.3, -0.25) is 0 Å². The van der Waals surface area contributed by atoms with E-state index in [4.69, 9.17) is 4.74 Å². The molecule has 21 heavy (non-hydrogen) atoms. The smallest absolute Gasteiger partial charge is 0.141 e. The van der Waals surface area contributed by atoms with Crippen molar-refractivity contribution < 1.29 is 9.13 Å². The van der Waals surface area contributed by atoms with E-state index in [1.165, 1.54) is 6.20 Å². The van der Waals surface area contributed by atoms with Crippen molar-refractivity contribution in [3.05, 3.63) is 23.6 Å². The molecule has 5 heteroatoms. The Morgan fingerprint density at radius 1 is 1.48 bits per heavy atom.